The molecule has 1 heterocycles. The van der Waals surface area contributed by atoms with Crippen LogP contribution in [0.15, 0.2) is 22.3 Å². The van der Waals surface area contributed by atoms with Crippen LogP contribution in [0.1, 0.15) is 19.4 Å². The van der Waals surface area contributed by atoms with Crippen LogP contribution in [0.25, 0.3) is 0 Å². The molecule has 6 nitrogen and oxygen atoms in total. The molecule has 0 bridgehead atoms. The number of carbonyl (C=O) groups excluding carboxylic acids is 1. The lowest BCUT2D eigenvalue weighted by molar-refractivity contribution is -0.116. The molecule has 1 N–H and O–H groups in total. The van der Waals surface area contributed by atoms with Gasteiger partial charge in [-0.3, -0.25) is 4.79 Å². The molecule has 0 unspecified atom stereocenters. The maximum absolute atomic E-state index is 11.0. The van der Waals surface area contributed by atoms with Gasteiger partial charge in [-0.1, -0.05) is 23.4 Å². The van der Waals surface area contributed by atoms with Gasteiger partial charge < -0.3 is 14.8 Å². The summed E-state index contributed by atoms with van der Waals surface area (Å²) in [5.41, 5.74) is 0.719. The summed E-state index contributed by atoms with van der Waals surface area (Å²) in [6, 6.07) is 3.47. The highest BCUT2D eigenvalue weighted by Crippen LogP contribution is 2.36. The number of ether oxygens (including phenoxy) is 2. The van der Waals surface area contributed by atoms with Gasteiger partial charge in [0.05, 0.1) is 30.2 Å². The molecular formula is C14H16ClN3O3S. The number of methoxy groups -OCH3 is 1. The van der Waals surface area contributed by atoms with Crippen molar-refractivity contribution in [1.82, 2.24) is 5.32 Å². The molecule has 1 saturated heterocycles. The van der Waals surface area contributed by atoms with Crippen LogP contribution in [0, 0.1) is 0 Å². The Morgan fingerprint density at radius 3 is 2.82 bits per heavy atom. The second-order valence-electron chi connectivity index (χ2n) is 4.69. The summed E-state index contributed by atoms with van der Waals surface area (Å²) >= 11 is 7.53. The monoisotopic (exact) mass is 341 g/mol. The normalized spacial score (nSPS) is 16.6. The maximum Gasteiger partial charge on any atom is 0.236 e. The Kier molecular flexibility index (Phi) is 5.68. The third-order valence-corrected chi connectivity index (χ3v) is 3.69. The zero-order valence-corrected chi connectivity index (χ0v) is 14.0. The third kappa shape index (κ3) is 4.38. The van der Waals surface area contributed by atoms with Crippen LogP contribution in [-0.4, -0.2) is 36.3 Å². The van der Waals surface area contributed by atoms with E-state index in [1.165, 1.54) is 18.0 Å². The van der Waals surface area contributed by atoms with Crippen LogP contribution < -0.4 is 14.8 Å². The van der Waals surface area contributed by atoms with E-state index >= 15 is 0 Å². The number of nitrogens with one attached hydrogen (secondary N) is 1. The van der Waals surface area contributed by atoms with E-state index in [2.05, 4.69) is 15.5 Å². The molecule has 0 aromatic heterocycles. The Bertz CT molecular complexity index is 632. The zero-order valence-electron chi connectivity index (χ0n) is 12.4. The fraction of sp³-hybridized carbons (Fsp3) is 0.357. The van der Waals surface area contributed by atoms with Gasteiger partial charge in [-0.2, -0.15) is 5.10 Å². The second kappa shape index (κ2) is 7.51. The molecule has 0 saturated carbocycles. The van der Waals surface area contributed by atoms with Gasteiger partial charge in [0.25, 0.3) is 0 Å². The summed E-state index contributed by atoms with van der Waals surface area (Å²) in [6.45, 7) is 3.82. The highest BCUT2D eigenvalue weighted by Gasteiger charge is 2.16. The first-order valence-corrected chi connectivity index (χ1v) is 7.94. The first kappa shape index (κ1) is 16.6. The Morgan fingerprint density at radius 2 is 2.23 bits per heavy atom. The van der Waals surface area contributed by atoms with Gasteiger partial charge >= 0.3 is 0 Å². The fourth-order valence-corrected chi connectivity index (χ4v) is 2.59. The lowest BCUT2D eigenvalue weighted by Gasteiger charge is -2.15. The molecule has 1 aliphatic rings. The Labute approximate surface area is 137 Å². The Hall–Kier alpha value is -1.73. The van der Waals surface area contributed by atoms with Gasteiger partial charge in [-0.25, -0.2) is 0 Å². The number of nitrogens with zero attached hydrogens (tertiary/aromatic N) is 2. The van der Waals surface area contributed by atoms with Crippen molar-refractivity contribution in [3.63, 3.8) is 0 Å². The fourth-order valence-electron chi connectivity index (χ4n) is 1.69. The number of amides is 1. The summed E-state index contributed by atoms with van der Waals surface area (Å²) < 4.78 is 10.9. The Morgan fingerprint density at radius 1 is 1.45 bits per heavy atom. The maximum atomic E-state index is 11.0. The largest absolute Gasteiger partial charge is 0.493 e. The van der Waals surface area contributed by atoms with Crippen LogP contribution in [0.3, 0.4) is 0 Å². The van der Waals surface area contributed by atoms with E-state index in [9.17, 15) is 4.79 Å². The summed E-state index contributed by atoms with van der Waals surface area (Å²) in [6.07, 6.45) is 1.52. The smallest absolute Gasteiger partial charge is 0.236 e. The number of halogens is 1. The van der Waals surface area contributed by atoms with E-state index < -0.39 is 0 Å². The molecule has 1 aromatic rings. The molecule has 0 atom stereocenters. The summed E-state index contributed by atoms with van der Waals surface area (Å²) in [5.74, 6) is 1.33. The van der Waals surface area contributed by atoms with Crippen molar-refractivity contribution in [1.29, 1.82) is 0 Å². The average molecular weight is 342 g/mol. The summed E-state index contributed by atoms with van der Waals surface area (Å²) in [7, 11) is 1.55. The van der Waals surface area contributed by atoms with Crippen molar-refractivity contribution in [3.05, 3.63) is 22.7 Å². The lowest BCUT2D eigenvalue weighted by atomic mass is 10.2. The molecule has 0 spiro atoms. The molecular weight excluding hydrogens is 326 g/mol. The molecule has 118 valence electrons. The SMILES string of the molecule is COc1cc(C=NN=C2NC(=O)CS2)cc(Cl)c1OC(C)C. The van der Waals surface area contributed by atoms with Crippen molar-refractivity contribution in [2.75, 3.05) is 12.9 Å². The van der Waals surface area contributed by atoms with Crippen molar-refractivity contribution in [2.24, 2.45) is 10.2 Å². The molecule has 1 amide bonds. The minimum Gasteiger partial charge on any atom is -0.493 e. The molecule has 1 fully saturated rings. The molecule has 0 aliphatic carbocycles. The van der Waals surface area contributed by atoms with E-state index in [1.807, 2.05) is 13.8 Å². The van der Waals surface area contributed by atoms with Gasteiger partial charge in [0.15, 0.2) is 16.7 Å². The molecule has 2 rings (SSSR count). The van der Waals surface area contributed by atoms with Crippen LogP contribution in [-0.2, 0) is 4.79 Å². The summed E-state index contributed by atoms with van der Waals surface area (Å²) in [5, 5.41) is 11.4. The van der Waals surface area contributed by atoms with Crippen molar-refractivity contribution in [2.45, 2.75) is 20.0 Å². The highest BCUT2D eigenvalue weighted by atomic mass is 35.5. The van der Waals surface area contributed by atoms with E-state index in [4.69, 9.17) is 21.1 Å². The van der Waals surface area contributed by atoms with Crippen molar-refractivity contribution in [3.8, 4) is 11.5 Å². The van der Waals surface area contributed by atoms with Crippen LogP contribution in [0.5, 0.6) is 11.5 Å². The standard InChI is InChI=1S/C14H16ClN3O3S/c1-8(2)21-13-10(15)4-9(5-11(13)20-3)6-16-18-14-17-12(19)7-22-14/h4-6,8H,7H2,1-3H3,(H,17,18,19). The number of amidine groups is 1. The lowest BCUT2D eigenvalue weighted by Crippen LogP contribution is -2.19. The number of hydrogen-bond acceptors (Lipinski definition) is 6. The van der Waals surface area contributed by atoms with Crippen molar-refractivity contribution < 1.29 is 14.3 Å². The van der Waals surface area contributed by atoms with Gasteiger partial charge in [-0.15, -0.1) is 5.10 Å². The van der Waals surface area contributed by atoms with Crippen molar-refractivity contribution >= 4 is 40.7 Å². The molecule has 8 heteroatoms. The predicted octanol–water partition coefficient (Wildman–Crippen LogP) is 2.69. The first-order chi connectivity index (χ1) is 10.5. The molecule has 22 heavy (non-hydrogen) atoms. The van der Waals surface area contributed by atoms with E-state index in [0.29, 0.717) is 27.4 Å². The average Bonchev–Trinajstić information content (AvgIpc) is 2.86. The predicted molar refractivity (Wildman–Crippen MR) is 89.4 cm³/mol. The molecule has 1 aromatic carbocycles. The number of rotatable bonds is 5. The topological polar surface area (TPSA) is 72.3 Å². The quantitative estimate of drug-likeness (QED) is 0.660. The Balaban J connectivity index is 2.18. The van der Waals surface area contributed by atoms with E-state index in [1.54, 1.807) is 19.2 Å². The molecule has 0 radical (unpaired) electrons. The van der Waals surface area contributed by atoms with E-state index in [0.717, 1.165) is 5.56 Å². The third-order valence-electron chi connectivity index (χ3n) is 2.55. The van der Waals surface area contributed by atoms with Gasteiger partial charge in [0.2, 0.25) is 5.91 Å². The first-order valence-electron chi connectivity index (χ1n) is 6.57. The number of hydrogen-bond donors (Lipinski definition) is 1. The zero-order chi connectivity index (χ0) is 16.1. The highest BCUT2D eigenvalue weighted by molar-refractivity contribution is 8.15. The summed E-state index contributed by atoms with van der Waals surface area (Å²) in [4.78, 5) is 11.0. The number of benzene rings is 1. The number of carbonyl (C=O) groups is 1. The van der Waals surface area contributed by atoms with Gasteiger partial charge in [0, 0.05) is 5.56 Å². The van der Waals surface area contributed by atoms with Crippen LogP contribution in [0.2, 0.25) is 5.02 Å². The minimum atomic E-state index is -0.0705. The van der Waals surface area contributed by atoms with Crippen LogP contribution >= 0.6 is 23.4 Å². The number of thioether (sulfide) groups is 1. The minimum absolute atomic E-state index is 0.0136. The molecule has 1 aliphatic heterocycles. The second-order valence-corrected chi connectivity index (χ2v) is 6.06. The van der Waals surface area contributed by atoms with Gasteiger partial charge in [-0.05, 0) is 26.0 Å². The van der Waals surface area contributed by atoms with Crippen LogP contribution in [0.4, 0.5) is 0 Å². The van der Waals surface area contributed by atoms with Gasteiger partial charge in [0.1, 0.15) is 0 Å². The van der Waals surface area contributed by atoms with E-state index in [-0.39, 0.29) is 12.0 Å².